The number of aryl methyl sites for hydroxylation is 1. The summed E-state index contributed by atoms with van der Waals surface area (Å²) in [4.78, 5) is 4.23. The van der Waals surface area contributed by atoms with E-state index in [4.69, 9.17) is 0 Å². The number of aromatic nitrogens is 3. The van der Waals surface area contributed by atoms with Crippen LogP contribution in [0.5, 0.6) is 0 Å². The van der Waals surface area contributed by atoms with Gasteiger partial charge in [-0.3, -0.25) is 5.10 Å². The van der Waals surface area contributed by atoms with Crippen molar-refractivity contribution in [3.05, 3.63) is 58.2 Å². The second-order valence-electron chi connectivity index (χ2n) is 4.27. The van der Waals surface area contributed by atoms with Gasteiger partial charge in [-0.15, -0.1) is 11.3 Å². The molecule has 3 rings (SSSR count). The fourth-order valence-corrected chi connectivity index (χ4v) is 2.46. The van der Waals surface area contributed by atoms with Crippen LogP contribution in [-0.2, 0) is 0 Å². The Morgan fingerprint density at radius 1 is 1.26 bits per heavy atom. The van der Waals surface area contributed by atoms with Crippen molar-refractivity contribution in [2.45, 2.75) is 6.92 Å². The van der Waals surface area contributed by atoms with Crippen LogP contribution >= 0.6 is 11.3 Å². The molecule has 0 saturated carbocycles. The van der Waals surface area contributed by atoms with Crippen LogP contribution in [0.15, 0.2) is 42.0 Å². The maximum Gasteiger partial charge on any atom is 0.116 e. The molecule has 1 aromatic carbocycles. The summed E-state index contributed by atoms with van der Waals surface area (Å²) in [6.45, 7) is 2.09. The molecule has 2 heterocycles. The molecular weight excluding hydrogens is 254 g/mol. The van der Waals surface area contributed by atoms with Crippen molar-refractivity contribution in [2.24, 2.45) is 0 Å². The molecule has 1 N–H and O–H groups in total. The van der Waals surface area contributed by atoms with E-state index in [1.165, 1.54) is 5.56 Å². The maximum atomic E-state index is 4.23. The van der Waals surface area contributed by atoms with Gasteiger partial charge in [0.1, 0.15) is 5.01 Å². The highest BCUT2D eigenvalue weighted by molar-refractivity contribution is 7.10. The van der Waals surface area contributed by atoms with Gasteiger partial charge in [0.05, 0.1) is 11.9 Å². The molecule has 0 aliphatic carbocycles. The van der Waals surface area contributed by atoms with Crippen molar-refractivity contribution in [1.29, 1.82) is 0 Å². The summed E-state index contributed by atoms with van der Waals surface area (Å²) in [6, 6.07) is 8.38. The predicted molar refractivity (Wildman–Crippen MR) is 79.8 cm³/mol. The highest BCUT2D eigenvalue weighted by Gasteiger charge is 2.05. The molecule has 0 unspecified atom stereocenters. The maximum absolute atomic E-state index is 4.23. The Hall–Kier alpha value is -2.20. The van der Waals surface area contributed by atoms with Crippen molar-refractivity contribution in [1.82, 2.24) is 15.2 Å². The Morgan fingerprint density at radius 3 is 3.00 bits per heavy atom. The molecule has 0 atom stereocenters. The van der Waals surface area contributed by atoms with E-state index in [1.54, 1.807) is 17.5 Å². The van der Waals surface area contributed by atoms with Gasteiger partial charge in [-0.2, -0.15) is 5.10 Å². The van der Waals surface area contributed by atoms with Crippen molar-refractivity contribution in [2.75, 3.05) is 0 Å². The molecule has 0 amide bonds. The van der Waals surface area contributed by atoms with Crippen LogP contribution in [0.2, 0.25) is 0 Å². The van der Waals surface area contributed by atoms with Crippen LogP contribution in [0, 0.1) is 6.92 Å². The van der Waals surface area contributed by atoms with Crippen molar-refractivity contribution < 1.29 is 0 Å². The molecule has 94 valence electrons. The third kappa shape index (κ3) is 2.63. The molecule has 0 radical (unpaired) electrons. The van der Waals surface area contributed by atoms with E-state index < -0.39 is 0 Å². The van der Waals surface area contributed by atoms with Crippen LogP contribution in [-0.4, -0.2) is 15.2 Å². The summed E-state index contributed by atoms with van der Waals surface area (Å²) in [6.07, 6.45) is 7.69. The molecule has 0 fully saturated rings. The number of H-pyrrole nitrogens is 1. The smallest absolute Gasteiger partial charge is 0.116 e. The molecule has 3 nitrogen and oxygen atoms in total. The van der Waals surface area contributed by atoms with Gasteiger partial charge in [0, 0.05) is 22.7 Å². The number of benzene rings is 1. The molecule has 0 saturated heterocycles. The molecule has 2 aromatic heterocycles. The molecule has 0 aliphatic rings. The van der Waals surface area contributed by atoms with E-state index in [0.29, 0.717) is 0 Å². The van der Waals surface area contributed by atoms with E-state index in [1.807, 2.05) is 23.7 Å². The van der Waals surface area contributed by atoms with Crippen molar-refractivity contribution >= 4 is 23.5 Å². The van der Waals surface area contributed by atoms with Crippen molar-refractivity contribution in [3.63, 3.8) is 0 Å². The third-order valence-electron chi connectivity index (χ3n) is 2.83. The van der Waals surface area contributed by atoms with Gasteiger partial charge in [0.25, 0.3) is 0 Å². The first-order valence-corrected chi connectivity index (χ1v) is 6.89. The SMILES string of the molecule is Cc1cccc(-c2[nH]ncc2/C=C/c2nccs2)c1. The second-order valence-corrected chi connectivity index (χ2v) is 5.20. The zero-order valence-electron chi connectivity index (χ0n) is 10.5. The lowest BCUT2D eigenvalue weighted by Crippen LogP contribution is -1.82. The standard InChI is InChI=1S/C15H13N3S/c1-11-3-2-4-12(9-11)15-13(10-17-18-15)5-6-14-16-7-8-19-14/h2-10H,1H3,(H,17,18)/b6-5+. The fourth-order valence-electron chi connectivity index (χ4n) is 1.93. The minimum absolute atomic E-state index is 0.997. The molecule has 19 heavy (non-hydrogen) atoms. The number of nitrogens with zero attached hydrogens (tertiary/aromatic N) is 2. The number of nitrogens with one attached hydrogen (secondary N) is 1. The summed E-state index contributed by atoms with van der Waals surface area (Å²) in [5.41, 5.74) is 4.50. The van der Waals surface area contributed by atoms with Gasteiger partial charge in [0.2, 0.25) is 0 Å². The third-order valence-corrected chi connectivity index (χ3v) is 3.57. The van der Waals surface area contributed by atoms with Crippen LogP contribution in [0.4, 0.5) is 0 Å². The quantitative estimate of drug-likeness (QED) is 0.779. The average Bonchev–Trinajstić information content (AvgIpc) is 3.08. The first-order valence-electron chi connectivity index (χ1n) is 6.01. The largest absolute Gasteiger partial charge is 0.277 e. The number of thiazole rings is 1. The second kappa shape index (κ2) is 5.20. The summed E-state index contributed by atoms with van der Waals surface area (Å²) in [5, 5.41) is 10.2. The van der Waals surface area contributed by atoms with Gasteiger partial charge < -0.3 is 0 Å². The first-order chi connectivity index (χ1) is 9.33. The number of hydrogen-bond donors (Lipinski definition) is 1. The minimum Gasteiger partial charge on any atom is -0.277 e. The van der Waals surface area contributed by atoms with Crippen LogP contribution < -0.4 is 0 Å². The van der Waals surface area contributed by atoms with Crippen LogP contribution in [0.1, 0.15) is 16.1 Å². The minimum atomic E-state index is 0.997. The Morgan fingerprint density at radius 2 is 2.21 bits per heavy atom. The number of aromatic amines is 1. The van der Waals surface area contributed by atoms with Crippen molar-refractivity contribution in [3.8, 4) is 11.3 Å². The number of hydrogen-bond acceptors (Lipinski definition) is 3. The summed E-state index contributed by atoms with van der Waals surface area (Å²) < 4.78 is 0. The van der Waals surface area contributed by atoms with Gasteiger partial charge in [-0.1, -0.05) is 23.8 Å². The zero-order valence-corrected chi connectivity index (χ0v) is 11.3. The van der Waals surface area contributed by atoms with E-state index in [-0.39, 0.29) is 0 Å². The van der Waals surface area contributed by atoms with Gasteiger partial charge in [-0.05, 0) is 25.1 Å². The summed E-state index contributed by atoms with van der Waals surface area (Å²) >= 11 is 1.62. The normalized spacial score (nSPS) is 11.2. The Balaban J connectivity index is 1.94. The van der Waals surface area contributed by atoms with Gasteiger partial charge in [0.15, 0.2) is 0 Å². The summed E-state index contributed by atoms with van der Waals surface area (Å²) in [7, 11) is 0. The first kappa shape index (κ1) is 11.9. The van der Waals surface area contributed by atoms with E-state index in [2.05, 4.69) is 46.4 Å². The lowest BCUT2D eigenvalue weighted by molar-refractivity contribution is 1.09. The lowest BCUT2D eigenvalue weighted by Gasteiger charge is -2.01. The Bertz CT molecular complexity index is 696. The highest BCUT2D eigenvalue weighted by atomic mass is 32.1. The van der Waals surface area contributed by atoms with Gasteiger partial charge in [-0.25, -0.2) is 4.98 Å². The molecule has 4 heteroatoms. The topological polar surface area (TPSA) is 41.6 Å². The van der Waals surface area contributed by atoms with E-state index in [9.17, 15) is 0 Å². The molecule has 0 bridgehead atoms. The van der Waals surface area contributed by atoms with Crippen LogP contribution in [0.3, 0.4) is 0 Å². The van der Waals surface area contributed by atoms with E-state index in [0.717, 1.165) is 21.8 Å². The molecular formula is C15H13N3S. The highest BCUT2D eigenvalue weighted by Crippen LogP contribution is 2.23. The monoisotopic (exact) mass is 267 g/mol. The fraction of sp³-hybridized carbons (Fsp3) is 0.0667. The molecule has 0 aliphatic heterocycles. The average molecular weight is 267 g/mol. The van der Waals surface area contributed by atoms with Gasteiger partial charge >= 0.3 is 0 Å². The number of rotatable bonds is 3. The summed E-state index contributed by atoms with van der Waals surface area (Å²) in [5.74, 6) is 0. The van der Waals surface area contributed by atoms with E-state index >= 15 is 0 Å². The predicted octanol–water partition coefficient (Wildman–Crippen LogP) is 4.01. The van der Waals surface area contributed by atoms with Crippen LogP contribution in [0.25, 0.3) is 23.4 Å². The molecule has 3 aromatic rings. The lowest BCUT2D eigenvalue weighted by atomic mass is 10.1. The molecule has 0 spiro atoms. The zero-order chi connectivity index (χ0) is 13.1. The Labute approximate surface area is 115 Å². The Kier molecular flexibility index (Phi) is 3.25.